The van der Waals surface area contributed by atoms with E-state index >= 15 is 0 Å². The Hall–Kier alpha value is -3.41. The van der Waals surface area contributed by atoms with E-state index in [1.54, 1.807) is 0 Å². The van der Waals surface area contributed by atoms with Crippen LogP contribution in [0.15, 0.2) is 60.8 Å². The maximum atomic E-state index is 13.2. The first-order valence-electron chi connectivity index (χ1n) is 9.62. The number of aromatic nitrogens is 4. The first-order chi connectivity index (χ1) is 13.8. The van der Waals surface area contributed by atoms with Gasteiger partial charge in [-0.1, -0.05) is 48.5 Å². The quantitative estimate of drug-likeness (QED) is 0.572. The number of H-pyrrole nitrogens is 2. The highest BCUT2D eigenvalue weighted by Crippen LogP contribution is 2.33. The summed E-state index contributed by atoms with van der Waals surface area (Å²) in [4.78, 5) is 15.1. The number of carbonyl (C=O) groups excluding carboxylic acids is 1. The number of para-hydroxylation sites is 1. The molecule has 1 fully saturated rings. The molecule has 4 aromatic rings. The van der Waals surface area contributed by atoms with E-state index in [1.165, 1.54) is 0 Å². The summed E-state index contributed by atoms with van der Waals surface area (Å²) in [5, 5.41) is 15.6. The number of likely N-dealkylation sites (tertiary alicyclic amines) is 1. The topological polar surface area (TPSA) is 77.7 Å². The van der Waals surface area contributed by atoms with Crippen molar-refractivity contribution in [3.05, 3.63) is 72.2 Å². The lowest BCUT2D eigenvalue weighted by Gasteiger charge is -2.32. The number of hydrogen-bond donors (Lipinski definition) is 2. The number of nitrogens with zero attached hydrogens (tertiary/aromatic N) is 3. The molecule has 6 heteroatoms. The molecule has 1 atom stereocenters. The van der Waals surface area contributed by atoms with Crippen LogP contribution >= 0.6 is 0 Å². The van der Waals surface area contributed by atoms with E-state index in [0.717, 1.165) is 47.1 Å². The molecule has 2 aromatic carbocycles. The van der Waals surface area contributed by atoms with Crippen LogP contribution in [0.3, 0.4) is 0 Å². The lowest BCUT2D eigenvalue weighted by molar-refractivity contribution is 0.0702. The maximum absolute atomic E-state index is 13.2. The normalized spacial score (nSPS) is 17.1. The summed E-state index contributed by atoms with van der Waals surface area (Å²) < 4.78 is 0. The van der Waals surface area contributed by atoms with Gasteiger partial charge in [-0.05, 0) is 24.5 Å². The highest BCUT2D eigenvalue weighted by molar-refractivity contribution is 6.04. The lowest BCUT2D eigenvalue weighted by Crippen LogP contribution is -2.39. The summed E-state index contributed by atoms with van der Waals surface area (Å²) in [5.41, 5.74) is 4.76. The summed E-state index contributed by atoms with van der Waals surface area (Å²) >= 11 is 0. The van der Waals surface area contributed by atoms with Crippen molar-refractivity contribution < 1.29 is 4.79 Å². The van der Waals surface area contributed by atoms with Gasteiger partial charge in [-0.15, -0.1) is 0 Å². The molecule has 0 radical (unpaired) electrons. The molecule has 0 spiro atoms. The number of amides is 1. The zero-order valence-corrected chi connectivity index (χ0v) is 15.4. The van der Waals surface area contributed by atoms with Crippen LogP contribution in [-0.4, -0.2) is 44.3 Å². The van der Waals surface area contributed by atoms with Crippen molar-refractivity contribution in [2.45, 2.75) is 18.8 Å². The molecule has 2 aromatic heterocycles. The van der Waals surface area contributed by atoms with Crippen LogP contribution in [0.4, 0.5) is 0 Å². The van der Waals surface area contributed by atoms with Gasteiger partial charge in [0.25, 0.3) is 5.91 Å². The Morgan fingerprint density at radius 3 is 2.75 bits per heavy atom. The molecule has 0 aliphatic carbocycles. The van der Waals surface area contributed by atoms with Gasteiger partial charge in [0.1, 0.15) is 0 Å². The third-order valence-corrected chi connectivity index (χ3v) is 5.54. The van der Waals surface area contributed by atoms with Crippen molar-refractivity contribution in [2.75, 3.05) is 13.1 Å². The number of hydrogen-bond acceptors (Lipinski definition) is 3. The summed E-state index contributed by atoms with van der Waals surface area (Å²) in [7, 11) is 0. The number of benzene rings is 2. The van der Waals surface area contributed by atoms with Crippen molar-refractivity contribution in [3.63, 3.8) is 0 Å². The molecule has 28 heavy (non-hydrogen) atoms. The van der Waals surface area contributed by atoms with Crippen LogP contribution in [0.2, 0.25) is 0 Å². The van der Waals surface area contributed by atoms with E-state index in [9.17, 15) is 4.79 Å². The zero-order valence-electron chi connectivity index (χ0n) is 15.4. The van der Waals surface area contributed by atoms with Crippen LogP contribution in [-0.2, 0) is 0 Å². The first kappa shape index (κ1) is 16.7. The van der Waals surface area contributed by atoms with Gasteiger partial charge in [0.05, 0.1) is 11.7 Å². The third-order valence-electron chi connectivity index (χ3n) is 5.54. The van der Waals surface area contributed by atoms with Crippen LogP contribution in [0.5, 0.6) is 0 Å². The van der Waals surface area contributed by atoms with Gasteiger partial charge in [-0.2, -0.15) is 10.2 Å². The molecular weight excluding hydrogens is 350 g/mol. The summed E-state index contributed by atoms with van der Waals surface area (Å²) in [6.07, 6.45) is 3.88. The fourth-order valence-corrected chi connectivity index (χ4v) is 4.13. The van der Waals surface area contributed by atoms with Gasteiger partial charge >= 0.3 is 0 Å². The molecular formula is C22H21N5O. The monoisotopic (exact) mass is 371 g/mol. The van der Waals surface area contributed by atoms with Gasteiger partial charge in [0.15, 0.2) is 5.69 Å². The highest BCUT2D eigenvalue weighted by Gasteiger charge is 2.29. The van der Waals surface area contributed by atoms with Gasteiger partial charge in [0.2, 0.25) is 0 Å². The van der Waals surface area contributed by atoms with E-state index < -0.39 is 0 Å². The van der Waals surface area contributed by atoms with Gasteiger partial charge in [-0.25, -0.2) is 0 Å². The summed E-state index contributed by atoms with van der Waals surface area (Å²) in [6, 6.07) is 18.0. The van der Waals surface area contributed by atoms with Gasteiger partial charge < -0.3 is 4.90 Å². The molecule has 1 saturated heterocycles. The second-order valence-corrected chi connectivity index (χ2v) is 7.27. The Morgan fingerprint density at radius 2 is 1.86 bits per heavy atom. The number of nitrogens with one attached hydrogen (secondary N) is 2. The molecule has 5 rings (SSSR count). The largest absolute Gasteiger partial charge is 0.337 e. The molecule has 2 N–H and O–H groups in total. The predicted octanol–water partition coefficient (Wildman–Crippen LogP) is 3.97. The van der Waals surface area contributed by atoms with Crippen molar-refractivity contribution in [2.24, 2.45) is 0 Å². The summed E-state index contributed by atoms with van der Waals surface area (Å²) in [6.45, 7) is 1.42. The van der Waals surface area contributed by atoms with E-state index in [-0.39, 0.29) is 11.8 Å². The third kappa shape index (κ3) is 2.87. The Bertz CT molecular complexity index is 1110. The number of rotatable bonds is 3. The number of fused-ring (bicyclic) bond motifs is 1. The average molecular weight is 371 g/mol. The van der Waals surface area contributed by atoms with Crippen LogP contribution in [0.25, 0.3) is 22.0 Å². The SMILES string of the molecule is O=C(c1n[nH]c2ccccc12)N1CCC[C@H](c2[nH]ncc2-c2ccccc2)C1. The van der Waals surface area contributed by atoms with E-state index in [1.807, 2.05) is 53.6 Å². The fraction of sp³-hybridized carbons (Fsp3) is 0.227. The van der Waals surface area contributed by atoms with Gasteiger partial charge in [0, 0.05) is 35.7 Å². The summed E-state index contributed by atoms with van der Waals surface area (Å²) in [5.74, 6) is 0.225. The standard InChI is InChI=1S/C22H21N5O/c28-22(21-17-10-4-5-11-19(17)24-26-21)27-12-6-9-16(14-27)20-18(13-23-25-20)15-7-2-1-3-8-15/h1-5,7-8,10-11,13,16H,6,9,12,14H2,(H,23,25)(H,24,26)/t16-/m0/s1. The van der Waals surface area contributed by atoms with Crippen molar-refractivity contribution in [3.8, 4) is 11.1 Å². The van der Waals surface area contributed by atoms with E-state index in [2.05, 4.69) is 32.5 Å². The molecule has 1 aliphatic heterocycles. The molecule has 1 amide bonds. The molecule has 0 bridgehead atoms. The highest BCUT2D eigenvalue weighted by atomic mass is 16.2. The van der Waals surface area contributed by atoms with E-state index in [4.69, 9.17) is 0 Å². The zero-order chi connectivity index (χ0) is 18.9. The molecule has 6 nitrogen and oxygen atoms in total. The number of carbonyl (C=O) groups is 1. The predicted molar refractivity (Wildman–Crippen MR) is 108 cm³/mol. The first-order valence-corrected chi connectivity index (χ1v) is 9.62. The van der Waals surface area contributed by atoms with Crippen molar-refractivity contribution in [1.29, 1.82) is 0 Å². The minimum atomic E-state index is -0.0112. The Kier molecular flexibility index (Phi) is 4.16. The van der Waals surface area contributed by atoms with Crippen LogP contribution in [0.1, 0.15) is 34.9 Å². The molecule has 0 unspecified atom stereocenters. The second kappa shape index (κ2) is 6.96. The minimum Gasteiger partial charge on any atom is -0.337 e. The number of aromatic amines is 2. The van der Waals surface area contributed by atoms with Crippen LogP contribution in [0, 0.1) is 0 Å². The van der Waals surface area contributed by atoms with E-state index in [0.29, 0.717) is 12.2 Å². The maximum Gasteiger partial charge on any atom is 0.275 e. The lowest BCUT2D eigenvalue weighted by atomic mass is 9.90. The Balaban J connectivity index is 1.42. The van der Waals surface area contributed by atoms with Crippen molar-refractivity contribution >= 4 is 16.8 Å². The van der Waals surface area contributed by atoms with Gasteiger partial charge in [-0.3, -0.25) is 15.0 Å². The molecule has 0 saturated carbocycles. The second-order valence-electron chi connectivity index (χ2n) is 7.27. The van der Waals surface area contributed by atoms with Crippen molar-refractivity contribution in [1.82, 2.24) is 25.3 Å². The van der Waals surface area contributed by atoms with Crippen LogP contribution < -0.4 is 0 Å². The molecule has 3 heterocycles. The fourth-order valence-electron chi connectivity index (χ4n) is 4.13. The minimum absolute atomic E-state index is 0.0112. The smallest absolute Gasteiger partial charge is 0.275 e. The Morgan fingerprint density at radius 1 is 1.04 bits per heavy atom. The Labute approximate surface area is 162 Å². The number of piperidine rings is 1. The molecule has 140 valence electrons. The average Bonchev–Trinajstić information content (AvgIpc) is 3.41. The molecule has 1 aliphatic rings.